The average Bonchev–Trinajstić information content (AvgIpc) is 3.09. The minimum Gasteiger partial charge on any atom is -0.497 e. The molecule has 2 rings (SSSR count). The molecule has 0 unspecified atom stereocenters. The summed E-state index contributed by atoms with van der Waals surface area (Å²) in [5.41, 5.74) is 1.40. The number of benzene rings is 1. The van der Waals surface area contributed by atoms with Gasteiger partial charge in [0.1, 0.15) is 5.75 Å². The maximum Gasteiger partial charge on any atom is 0.118 e. The Morgan fingerprint density at radius 2 is 2.00 bits per heavy atom. The van der Waals surface area contributed by atoms with Gasteiger partial charge in [0.05, 0.1) is 7.11 Å². The molecule has 0 atom stereocenters. The van der Waals surface area contributed by atoms with Gasteiger partial charge in [-0.3, -0.25) is 0 Å². The Morgan fingerprint density at radius 3 is 2.60 bits per heavy atom. The van der Waals surface area contributed by atoms with Crippen molar-refractivity contribution in [2.75, 3.05) is 13.7 Å². The van der Waals surface area contributed by atoms with E-state index in [1.54, 1.807) is 7.11 Å². The molecule has 1 aliphatic rings. The lowest BCUT2D eigenvalue weighted by Crippen LogP contribution is -2.17. The van der Waals surface area contributed by atoms with Crippen LogP contribution >= 0.6 is 0 Å². The van der Waals surface area contributed by atoms with E-state index in [1.807, 2.05) is 12.1 Å². The van der Waals surface area contributed by atoms with Crippen molar-refractivity contribution in [3.63, 3.8) is 0 Å². The van der Waals surface area contributed by atoms with Crippen LogP contribution in [0.4, 0.5) is 0 Å². The van der Waals surface area contributed by atoms with Gasteiger partial charge in [0.15, 0.2) is 0 Å². The largest absolute Gasteiger partial charge is 0.497 e. The zero-order chi connectivity index (χ0) is 10.5. The highest BCUT2D eigenvalue weighted by Gasteiger charge is 2.19. The van der Waals surface area contributed by atoms with Gasteiger partial charge >= 0.3 is 0 Å². The van der Waals surface area contributed by atoms with Crippen LogP contribution in [0, 0.1) is 0 Å². The normalized spacial score (nSPS) is 15.3. The van der Waals surface area contributed by atoms with Crippen molar-refractivity contribution in [2.24, 2.45) is 0 Å². The number of hydrogen-bond donors (Lipinski definition) is 1. The molecule has 0 saturated heterocycles. The monoisotopic (exact) mass is 205 g/mol. The van der Waals surface area contributed by atoms with Crippen LogP contribution in [0.2, 0.25) is 0 Å². The summed E-state index contributed by atoms with van der Waals surface area (Å²) in [5.74, 6) is 0.940. The molecule has 1 N–H and O–H groups in total. The third kappa shape index (κ3) is 3.56. The highest BCUT2D eigenvalue weighted by atomic mass is 16.5. The van der Waals surface area contributed by atoms with E-state index in [4.69, 9.17) is 4.74 Å². The number of nitrogens with one attached hydrogen (secondary N) is 1. The van der Waals surface area contributed by atoms with Crippen molar-refractivity contribution in [3.8, 4) is 5.75 Å². The lowest BCUT2D eigenvalue weighted by atomic mass is 10.1. The van der Waals surface area contributed by atoms with Gasteiger partial charge in [-0.05, 0) is 49.9 Å². The van der Waals surface area contributed by atoms with E-state index in [9.17, 15) is 0 Å². The average molecular weight is 205 g/mol. The Hall–Kier alpha value is -1.02. The zero-order valence-electron chi connectivity index (χ0n) is 9.33. The quantitative estimate of drug-likeness (QED) is 0.720. The van der Waals surface area contributed by atoms with Crippen molar-refractivity contribution < 1.29 is 4.74 Å². The Kier molecular flexibility index (Phi) is 3.62. The molecule has 1 aromatic carbocycles. The number of methoxy groups -OCH3 is 1. The SMILES string of the molecule is COc1ccc(CCCNC2CC2)cc1. The molecule has 0 spiro atoms. The van der Waals surface area contributed by atoms with Gasteiger partial charge < -0.3 is 10.1 Å². The number of ether oxygens (including phenoxy) is 1. The summed E-state index contributed by atoms with van der Waals surface area (Å²) in [6, 6.07) is 9.19. The maximum absolute atomic E-state index is 5.12. The van der Waals surface area contributed by atoms with Crippen LogP contribution in [0.15, 0.2) is 24.3 Å². The van der Waals surface area contributed by atoms with Crippen molar-refractivity contribution in [1.29, 1.82) is 0 Å². The van der Waals surface area contributed by atoms with Crippen molar-refractivity contribution in [3.05, 3.63) is 29.8 Å². The van der Waals surface area contributed by atoms with Crippen molar-refractivity contribution >= 4 is 0 Å². The standard InChI is InChI=1S/C13H19NO/c1-15-13-8-4-11(5-9-13)3-2-10-14-12-6-7-12/h4-5,8-9,12,14H,2-3,6-7,10H2,1H3. The summed E-state index contributed by atoms with van der Waals surface area (Å²) in [6.45, 7) is 1.15. The summed E-state index contributed by atoms with van der Waals surface area (Å²) in [7, 11) is 1.70. The van der Waals surface area contributed by atoms with Gasteiger partial charge in [0, 0.05) is 6.04 Å². The fraction of sp³-hybridized carbons (Fsp3) is 0.538. The third-order valence-electron chi connectivity index (χ3n) is 2.81. The van der Waals surface area contributed by atoms with E-state index in [1.165, 1.54) is 24.8 Å². The molecule has 15 heavy (non-hydrogen) atoms. The molecule has 0 bridgehead atoms. The Bertz CT molecular complexity index is 290. The van der Waals surface area contributed by atoms with Crippen LogP contribution < -0.4 is 10.1 Å². The maximum atomic E-state index is 5.12. The molecular formula is C13H19NO. The van der Waals surface area contributed by atoms with E-state index >= 15 is 0 Å². The predicted octanol–water partition coefficient (Wildman–Crippen LogP) is 2.38. The predicted molar refractivity (Wildman–Crippen MR) is 62.3 cm³/mol. The fourth-order valence-electron chi connectivity index (χ4n) is 1.68. The zero-order valence-corrected chi connectivity index (χ0v) is 9.33. The van der Waals surface area contributed by atoms with Gasteiger partial charge in [-0.15, -0.1) is 0 Å². The summed E-state index contributed by atoms with van der Waals surface area (Å²) >= 11 is 0. The summed E-state index contributed by atoms with van der Waals surface area (Å²) in [4.78, 5) is 0. The first-order chi connectivity index (χ1) is 7.38. The summed E-state index contributed by atoms with van der Waals surface area (Å²) in [5, 5.41) is 3.52. The van der Waals surface area contributed by atoms with Crippen LogP contribution in [0.3, 0.4) is 0 Å². The summed E-state index contributed by atoms with van der Waals surface area (Å²) < 4.78 is 5.12. The van der Waals surface area contributed by atoms with Crippen LogP contribution in [0.1, 0.15) is 24.8 Å². The molecule has 2 nitrogen and oxygen atoms in total. The first-order valence-electron chi connectivity index (χ1n) is 5.75. The Labute approximate surface area is 91.6 Å². The van der Waals surface area contributed by atoms with E-state index < -0.39 is 0 Å². The van der Waals surface area contributed by atoms with Gasteiger partial charge in [0.25, 0.3) is 0 Å². The summed E-state index contributed by atoms with van der Waals surface area (Å²) in [6.07, 6.45) is 5.14. The van der Waals surface area contributed by atoms with Gasteiger partial charge in [-0.1, -0.05) is 12.1 Å². The molecule has 0 aliphatic heterocycles. The molecule has 0 amide bonds. The molecule has 1 saturated carbocycles. The third-order valence-corrected chi connectivity index (χ3v) is 2.81. The van der Waals surface area contributed by atoms with Crippen molar-refractivity contribution in [2.45, 2.75) is 31.7 Å². The smallest absolute Gasteiger partial charge is 0.118 e. The molecule has 1 aliphatic carbocycles. The van der Waals surface area contributed by atoms with Gasteiger partial charge in [-0.25, -0.2) is 0 Å². The number of hydrogen-bond acceptors (Lipinski definition) is 2. The first kappa shape index (κ1) is 10.5. The minimum atomic E-state index is 0.834. The van der Waals surface area contributed by atoms with E-state index in [2.05, 4.69) is 17.4 Å². The minimum absolute atomic E-state index is 0.834. The Morgan fingerprint density at radius 1 is 1.27 bits per heavy atom. The van der Waals surface area contributed by atoms with Gasteiger partial charge in [0.2, 0.25) is 0 Å². The highest BCUT2D eigenvalue weighted by Crippen LogP contribution is 2.18. The van der Waals surface area contributed by atoms with E-state index in [0.29, 0.717) is 0 Å². The Balaban J connectivity index is 1.67. The van der Waals surface area contributed by atoms with E-state index in [-0.39, 0.29) is 0 Å². The van der Waals surface area contributed by atoms with Crippen LogP contribution in [0.25, 0.3) is 0 Å². The van der Waals surface area contributed by atoms with E-state index in [0.717, 1.165) is 24.8 Å². The van der Waals surface area contributed by atoms with Gasteiger partial charge in [-0.2, -0.15) is 0 Å². The molecule has 1 aromatic rings. The topological polar surface area (TPSA) is 21.3 Å². The van der Waals surface area contributed by atoms with Crippen LogP contribution in [-0.4, -0.2) is 19.7 Å². The molecular weight excluding hydrogens is 186 g/mol. The molecule has 82 valence electrons. The first-order valence-corrected chi connectivity index (χ1v) is 5.75. The number of rotatable bonds is 6. The lowest BCUT2D eigenvalue weighted by molar-refractivity contribution is 0.414. The highest BCUT2D eigenvalue weighted by molar-refractivity contribution is 5.27. The second-order valence-electron chi connectivity index (χ2n) is 4.18. The van der Waals surface area contributed by atoms with Crippen LogP contribution in [0.5, 0.6) is 5.75 Å². The van der Waals surface area contributed by atoms with Crippen LogP contribution in [-0.2, 0) is 6.42 Å². The van der Waals surface area contributed by atoms with Crippen molar-refractivity contribution in [1.82, 2.24) is 5.32 Å². The molecule has 0 heterocycles. The molecule has 1 fully saturated rings. The second kappa shape index (κ2) is 5.17. The molecule has 2 heteroatoms. The number of aryl methyl sites for hydroxylation is 1. The molecule has 0 aromatic heterocycles. The lowest BCUT2D eigenvalue weighted by Gasteiger charge is -2.04. The molecule has 0 radical (unpaired) electrons. The second-order valence-corrected chi connectivity index (χ2v) is 4.18. The fourth-order valence-corrected chi connectivity index (χ4v) is 1.68.